The molecule has 5 nitrogen and oxygen atoms in total. The minimum atomic E-state index is -3.29. The van der Waals surface area contributed by atoms with E-state index in [0.29, 0.717) is 31.5 Å². The van der Waals surface area contributed by atoms with Crippen molar-refractivity contribution >= 4 is 10.2 Å². The van der Waals surface area contributed by atoms with Gasteiger partial charge in [0.1, 0.15) is 0 Å². The molecule has 0 saturated carbocycles. The van der Waals surface area contributed by atoms with E-state index < -0.39 is 10.2 Å². The Morgan fingerprint density at radius 1 is 1.21 bits per heavy atom. The third kappa shape index (κ3) is 3.29. The standard InChI is InChI=1S/C13H27N3O2S/c1-4-5-16(13-7-14-8-13)19(17,18)15-9-11(2)6-12(3)10-15/h11-14H,4-10H2,1-3H3. The molecule has 0 bridgehead atoms. The Labute approximate surface area is 117 Å². The van der Waals surface area contributed by atoms with Crippen molar-refractivity contribution in [2.75, 3.05) is 32.7 Å². The molecule has 2 rings (SSSR count). The molecular weight excluding hydrogens is 262 g/mol. The second kappa shape index (κ2) is 6.08. The minimum absolute atomic E-state index is 0.150. The lowest BCUT2D eigenvalue weighted by atomic mass is 9.94. The maximum atomic E-state index is 12.8. The van der Waals surface area contributed by atoms with Gasteiger partial charge in [0, 0.05) is 32.7 Å². The maximum Gasteiger partial charge on any atom is 0.282 e. The zero-order valence-electron chi connectivity index (χ0n) is 12.3. The molecule has 2 fully saturated rings. The second-order valence-corrected chi connectivity index (χ2v) is 8.07. The van der Waals surface area contributed by atoms with Crippen LogP contribution in [-0.4, -0.2) is 55.8 Å². The fourth-order valence-corrected chi connectivity index (χ4v) is 5.25. The van der Waals surface area contributed by atoms with Crippen LogP contribution in [-0.2, 0) is 10.2 Å². The van der Waals surface area contributed by atoms with Gasteiger partial charge in [0.2, 0.25) is 0 Å². The van der Waals surface area contributed by atoms with E-state index >= 15 is 0 Å². The molecule has 0 amide bonds. The lowest BCUT2D eigenvalue weighted by molar-refractivity contribution is 0.183. The average Bonchev–Trinajstić information content (AvgIpc) is 2.24. The van der Waals surface area contributed by atoms with Crippen molar-refractivity contribution in [3.05, 3.63) is 0 Å². The number of nitrogens with zero attached hydrogens (tertiary/aromatic N) is 2. The summed E-state index contributed by atoms with van der Waals surface area (Å²) in [4.78, 5) is 0. The van der Waals surface area contributed by atoms with Crippen LogP contribution >= 0.6 is 0 Å². The summed E-state index contributed by atoms with van der Waals surface area (Å²) in [6.07, 6.45) is 2.00. The van der Waals surface area contributed by atoms with Gasteiger partial charge in [-0.1, -0.05) is 20.8 Å². The molecule has 2 heterocycles. The van der Waals surface area contributed by atoms with Gasteiger partial charge in [0.25, 0.3) is 10.2 Å². The molecule has 1 N–H and O–H groups in total. The van der Waals surface area contributed by atoms with E-state index in [1.54, 1.807) is 8.61 Å². The summed E-state index contributed by atoms with van der Waals surface area (Å²) >= 11 is 0. The van der Waals surface area contributed by atoms with Gasteiger partial charge < -0.3 is 5.32 Å². The van der Waals surface area contributed by atoms with Gasteiger partial charge in [0.15, 0.2) is 0 Å². The number of rotatable bonds is 5. The topological polar surface area (TPSA) is 52.7 Å². The SMILES string of the molecule is CCCN(C1CNC1)S(=O)(=O)N1CC(C)CC(C)C1. The lowest BCUT2D eigenvalue weighted by Gasteiger charge is -2.42. The maximum absolute atomic E-state index is 12.8. The summed E-state index contributed by atoms with van der Waals surface area (Å²) in [5, 5.41) is 3.17. The molecule has 19 heavy (non-hydrogen) atoms. The second-order valence-electron chi connectivity index (χ2n) is 6.19. The number of hydrogen-bond acceptors (Lipinski definition) is 3. The number of hydrogen-bond donors (Lipinski definition) is 1. The first-order valence-electron chi connectivity index (χ1n) is 7.42. The first kappa shape index (κ1) is 15.2. The van der Waals surface area contributed by atoms with Gasteiger partial charge >= 0.3 is 0 Å². The number of nitrogens with one attached hydrogen (secondary N) is 1. The van der Waals surface area contributed by atoms with E-state index in [-0.39, 0.29) is 6.04 Å². The highest BCUT2D eigenvalue weighted by Gasteiger charge is 2.39. The van der Waals surface area contributed by atoms with E-state index in [2.05, 4.69) is 19.2 Å². The van der Waals surface area contributed by atoms with Crippen molar-refractivity contribution in [3.8, 4) is 0 Å². The van der Waals surface area contributed by atoms with Gasteiger partial charge in [0.05, 0.1) is 6.04 Å². The third-order valence-electron chi connectivity index (χ3n) is 4.07. The molecule has 0 spiro atoms. The highest BCUT2D eigenvalue weighted by molar-refractivity contribution is 7.86. The molecule has 0 aliphatic carbocycles. The molecule has 2 saturated heterocycles. The number of piperidine rings is 1. The molecule has 0 aromatic heterocycles. The fraction of sp³-hybridized carbons (Fsp3) is 1.00. The van der Waals surface area contributed by atoms with Gasteiger partial charge in [-0.05, 0) is 24.7 Å². The highest BCUT2D eigenvalue weighted by atomic mass is 32.2. The van der Waals surface area contributed by atoms with Crippen molar-refractivity contribution in [2.24, 2.45) is 11.8 Å². The monoisotopic (exact) mass is 289 g/mol. The van der Waals surface area contributed by atoms with Crippen LogP contribution in [0.25, 0.3) is 0 Å². The van der Waals surface area contributed by atoms with Crippen molar-refractivity contribution < 1.29 is 8.42 Å². The lowest BCUT2D eigenvalue weighted by Crippen LogP contribution is -2.62. The Morgan fingerprint density at radius 3 is 2.21 bits per heavy atom. The predicted molar refractivity (Wildman–Crippen MR) is 77.1 cm³/mol. The Balaban J connectivity index is 2.13. The van der Waals surface area contributed by atoms with Gasteiger partial charge in [-0.25, -0.2) is 0 Å². The molecule has 0 aromatic rings. The third-order valence-corrected chi connectivity index (χ3v) is 6.09. The molecule has 2 unspecified atom stereocenters. The predicted octanol–water partition coefficient (Wildman–Crippen LogP) is 0.893. The molecule has 0 radical (unpaired) electrons. The summed E-state index contributed by atoms with van der Waals surface area (Å²) < 4.78 is 29.1. The largest absolute Gasteiger partial charge is 0.313 e. The fourth-order valence-electron chi connectivity index (χ4n) is 3.13. The first-order valence-corrected chi connectivity index (χ1v) is 8.82. The van der Waals surface area contributed by atoms with Crippen LogP contribution in [0.15, 0.2) is 0 Å². The van der Waals surface area contributed by atoms with Crippen molar-refractivity contribution in [2.45, 2.75) is 39.7 Å². The zero-order chi connectivity index (χ0) is 14.0. The smallest absolute Gasteiger partial charge is 0.282 e. The minimum Gasteiger partial charge on any atom is -0.313 e. The van der Waals surface area contributed by atoms with Crippen molar-refractivity contribution in [3.63, 3.8) is 0 Å². The molecule has 2 aliphatic heterocycles. The molecule has 112 valence electrons. The van der Waals surface area contributed by atoms with Crippen molar-refractivity contribution in [1.29, 1.82) is 0 Å². The van der Waals surface area contributed by atoms with Gasteiger partial charge in [-0.15, -0.1) is 0 Å². The molecule has 6 heteroatoms. The molecule has 2 atom stereocenters. The Kier molecular flexibility index (Phi) is 4.87. The molecule has 0 aromatic carbocycles. The first-order chi connectivity index (χ1) is 8.95. The van der Waals surface area contributed by atoms with Crippen LogP contribution in [0.2, 0.25) is 0 Å². The normalized spacial score (nSPS) is 30.5. The van der Waals surface area contributed by atoms with E-state index in [1.807, 2.05) is 6.92 Å². The van der Waals surface area contributed by atoms with E-state index in [1.165, 1.54) is 0 Å². The van der Waals surface area contributed by atoms with Crippen LogP contribution in [0.3, 0.4) is 0 Å². The summed E-state index contributed by atoms with van der Waals surface area (Å²) in [6, 6.07) is 0.150. The Morgan fingerprint density at radius 2 is 1.79 bits per heavy atom. The van der Waals surface area contributed by atoms with E-state index in [9.17, 15) is 8.42 Å². The Bertz CT molecular complexity index is 385. The molecular formula is C13H27N3O2S. The Hall–Kier alpha value is -0.170. The van der Waals surface area contributed by atoms with Crippen LogP contribution in [0.1, 0.15) is 33.6 Å². The van der Waals surface area contributed by atoms with Gasteiger partial charge in [-0.2, -0.15) is 17.0 Å². The van der Waals surface area contributed by atoms with Crippen LogP contribution in [0.5, 0.6) is 0 Å². The van der Waals surface area contributed by atoms with E-state index in [4.69, 9.17) is 0 Å². The summed E-state index contributed by atoms with van der Waals surface area (Å²) in [6.45, 7) is 9.89. The molecule has 2 aliphatic rings. The highest BCUT2D eigenvalue weighted by Crippen LogP contribution is 2.26. The summed E-state index contributed by atoms with van der Waals surface area (Å²) in [5.41, 5.74) is 0. The van der Waals surface area contributed by atoms with Gasteiger partial charge in [-0.3, -0.25) is 0 Å². The van der Waals surface area contributed by atoms with Crippen molar-refractivity contribution in [1.82, 2.24) is 13.9 Å². The van der Waals surface area contributed by atoms with Crippen LogP contribution in [0, 0.1) is 11.8 Å². The summed E-state index contributed by atoms with van der Waals surface area (Å²) in [5.74, 6) is 0.919. The summed E-state index contributed by atoms with van der Waals surface area (Å²) in [7, 11) is -3.29. The van der Waals surface area contributed by atoms with E-state index in [0.717, 1.165) is 25.9 Å². The average molecular weight is 289 g/mol. The van der Waals surface area contributed by atoms with Crippen LogP contribution in [0.4, 0.5) is 0 Å². The quantitative estimate of drug-likeness (QED) is 0.818. The zero-order valence-corrected chi connectivity index (χ0v) is 13.1. The van der Waals surface area contributed by atoms with Crippen LogP contribution < -0.4 is 5.32 Å².